The third-order valence-corrected chi connectivity index (χ3v) is 5.81. The predicted molar refractivity (Wildman–Crippen MR) is 133 cm³/mol. The molecule has 0 aliphatic rings. The molecule has 0 spiro atoms. The van der Waals surface area contributed by atoms with Gasteiger partial charge in [0.2, 0.25) is 0 Å². The number of rotatable bonds is 11. The SMILES string of the molecule is Cc1ccccc1C(=O)NCCCCCc1nc2ccccc2n1CCOc1ccccc1. The number of hydrogen-bond donors (Lipinski definition) is 1. The molecule has 0 aliphatic heterocycles. The Labute approximate surface area is 195 Å². The van der Waals surface area contributed by atoms with E-state index in [9.17, 15) is 4.79 Å². The number of aryl methyl sites for hydroxylation is 2. The standard InChI is InChI=1S/C28H31N3O2/c1-22-12-7-8-15-24(22)28(32)29-19-11-3-6-18-27-30-25-16-9-10-17-26(25)31(27)20-21-33-23-13-4-2-5-14-23/h2,4-5,7-10,12-17H,3,6,11,18-21H2,1H3,(H,29,32). The Balaban J connectivity index is 1.27. The molecule has 0 radical (unpaired) electrons. The molecule has 4 rings (SSSR count). The highest BCUT2D eigenvalue weighted by Crippen LogP contribution is 2.18. The minimum atomic E-state index is 0.00769. The molecule has 3 aromatic carbocycles. The lowest BCUT2D eigenvalue weighted by atomic mass is 10.1. The van der Waals surface area contributed by atoms with Crippen molar-refractivity contribution in [3.63, 3.8) is 0 Å². The second kappa shape index (κ2) is 11.3. The van der Waals surface area contributed by atoms with Crippen molar-refractivity contribution in [2.75, 3.05) is 13.2 Å². The van der Waals surface area contributed by atoms with Gasteiger partial charge < -0.3 is 14.6 Å². The van der Waals surface area contributed by atoms with Crippen LogP contribution in [0, 0.1) is 6.92 Å². The van der Waals surface area contributed by atoms with E-state index in [1.54, 1.807) is 0 Å². The van der Waals surface area contributed by atoms with Crippen LogP contribution in [0.15, 0.2) is 78.9 Å². The van der Waals surface area contributed by atoms with Gasteiger partial charge in [-0.15, -0.1) is 0 Å². The average Bonchev–Trinajstić information content (AvgIpc) is 3.19. The number of fused-ring (bicyclic) bond motifs is 1. The molecule has 0 aliphatic carbocycles. The summed E-state index contributed by atoms with van der Waals surface area (Å²) in [5, 5.41) is 3.04. The van der Waals surface area contributed by atoms with Gasteiger partial charge >= 0.3 is 0 Å². The Morgan fingerprint density at radius 2 is 1.67 bits per heavy atom. The predicted octanol–water partition coefficient (Wildman–Crippen LogP) is 5.57. The monoisotopic (exact) mass is 441 g/mol. The summed E-state index contributed by atoms with van der Waals surface area (Å²) in [4.78, 5) is 17.2. The summed E-state index contributed by atoms with van der Waals surface area (Å²) in [6.07, 6.45) is 3.93. The second-order valence-electron chi connectivity index (χ2n) is 8.21. The molecule has 4 aromatic rings. The van der Waals surface area contributed by atoms with E-state index in [1.165, 1.54) is 0 Å². The number of amides is 1. The molecule has 1 N–H and O–H groups in total. The molecule has 0 unspecified atom stereocenters. The van der Waals surface area contributed by atoms with Crippen LogP contribution in [0.1, 0.15) is 41.0 Å². The van der Waals surface area contributed by atoms with E-state index >= 15 is 0 Å². The molecule has 0 saturated heterocycles. The van der Waals surface area contributed by atoms with Gasteiger partial charge in [-0.1, -0.05) is 55.0 Å². The molecular weight excluding hydrogens is 410 g/mol. The van der Waals surface area contributed by atoms with Gasteiger partial charge in [0.25, 0.3) is 5.91 Å². The van der Waals surface area contributed by atoms with Crippen LogP contribution >= 0.6 is 0 Å². The normalized spacial score (nSPS) is 10.9. The molecule has 33 heavy (non-hydrogen) atoms. The first-order chi connectivity index (χ1) is 16.2. The van der Waals surface area contributed by atoms with E-state index in [-0.39, 0.29) is 5.91 Å². The van der Waals surface area contributed by atoms with E-state index in [0.717, 1.165) is 66.0 Å². The quantitative estimate of drug-likeness (QED) is 0.310. The first-order valence-electron chi connectivity index (χ1n) is 11.7. The van der Waals surface area contributed by atoms with Crippen molar-refractivity contribution in [2.45, 2.75) is 39.2 Å². The maximum Gasteiger partial charge on any atom is 0.251 e. The number of unbranched alkanes of at least 4 members (excludes halogenated alkanes) is 2. The van der Waals surface area contributed by atoms with Gasteiger partial charge in [-0.05, 0) is 55.7 Å². The number of carbonyl (C=O) groups excluding carboxylic acids is 1. The van der Waals surface area contributed by atoms with Crippen molar-refractivity contribution in [3.8, 4) is 5.75 Å². The largest absolute Gasteiger partial charge is 0.492 e. The Kier molecular flexibility index (Phi) is 7.75. The van der Waals surface area contributed by atoms with E-state index < -0.39 is 0 Å². The third kappa shape index (κ3) is 6.01. The summed E-state index contributed by atoms with van der Waals surface area (Å²) >= 11 is 0. The summed E-state index contributed by atoms with van der Waals surface area (Å²) in [5.41, 5.74) is 3.93. The Bertz CT molecular complexity index is 1180. The van der Waals surface area contributed by atoms with Crippen LogP contribution < -0.4 is 10.1 Å². The highest BCUT2D eigenvalue weighted by molar-refractivity contribution is 5.95. The number of nitrogens with one attached hydrogen (secondary N) is 1. The molecular formula is C28H31N3O2. The molecule has 170 valence electrons. The molecule has 1 amide bonds. The number of aromatic nitrogens is 2. The minimum absolute atomic E-state index is 0.00769. The molecule has 1 heterocycles. The number of ether oxygens (including phenoxy) is 1. The van der Waals surface area contributed by atoms with Crippen molar-refractivity contribution >= 4 is 16.9 Å². The minimum Gasteiger partial charge on any atom is -0.492 e. The van der Waals surface area contributed by atoms with E-state index in [0.29, 0.717) is 13.2 Å². The summed E-state index contributed by atoms with van der Waals surface area (Å²) in [6, 6.07) is 25.9. The smallest absolute Gasteiger partial charge is 0.251 e. The molecule has 5 nitrogen and oxygen atoms in total. The van der Waals surface area contributed by atoms with Gasteiger partial charge in [-0.2, -0.15) is 0 Å². The highest BCUT2D eigenvalue weighted by Gasteiger charge is 2.11. The van der Waals surface area contributed by atoms with Crippen molar-refractivity contribution in [1.29, 1.82) is 0 Å². The van der Waals surface area contributed by atoms with Crippen molar-refractivity contribution in [3.05, 3.63) is 95.8 Å². The lowest BCUT2D eigenvalue weighted by Gasteiger charge is -2.11. The van der Waals surface area contributed by atoms with Crippen LogP contribution in [0.2, 0.25) is 0 Å². The van der Waals surface area contributed by atoms with Crippen molar-refractivity contribution < 1.29 is 9.53 Å². The molecule has 0 saturated carbocycles. The third-order valence-electron chi connectivity index (χ3n) is 5.81. The molecule has 0 bridgehead atoms. The first kappa shape index (κ1) is 22.6. The topological polar surface area (TPSA) is 56.2 Å². The maximum atomic E-state index is 12.3. The van der Waals surface area contributed by atoms with E-state index in [4.69, 9.17) is 9.72 Å². The van der Waals surface area contributed by atoms with Crippen LogP contribution in [-0.2, 0) is 13.0 Å². The number of carbonyl (C=O) groups is 1. The number of benzene rings is 3. The number of imidazole rings is 1. The lowest BCUT2D eigenvalue weighted by molar-refractivity contribution is 0.0952. The van der Waals surface area contributed by atoms with Crippen LogP contribution in [-0.4, -0.2) is 28.6 Å². The van der Waals surface area contributed by atoms with E-state index in [2.05, 4.69) is 28.1 Å². The van der Waals surface area contributed by atoms with E-state index in [1.807, 2.05) is 67.6 Å². The zero-order valence-electron chi connectivity index (χ0n) is 19.2. The van der Waals surface area contributed by atoms with Gasteiger partial charge in [-0.3, -0.25) is 4.79 Å². The second-order valence-corrected chi connectivity index (χ2v) is 8.21. The zero-order valence-corrected chi connectivity index (χ0v) is 19.2. The van der Waals surface area contributed by atoms with Gasteiger partial charge in [0.1, 0.15) is 18.2 Å². The van der Waals surface area contributed by atoms with Gasteiger partial charge in [-0.25, -0.2) is 4.98 Å². The number of nitrogens with zero attached hydrogens (tertiary/aromatic N) is 2. The fourth-order valence-corrected chi connectivity index (χ4v) is 4.05. The average molecular weight is 442 g/mol. The van der Waals surface area contributed by atoms with Gasteiger partial charge in [0.15, 0.2) is 0 Å². The summed E-state index contributed by atoms with van der Waals surface area (Å²) in [6.45, 7) is 4.01. The Hall–Kier alpha value is -3.60. The van der Waals surface area contributed by atoms with Crippen LogP contribution in [0.3, 0.4) is 0 Å². The van der Waals surface area contributed by atoms with Gasteiger partial charge in [0, 0.05) is 18.5 Å². The molecule has 1 aromatic heterocycles. The number of hydrogen-bond acceptors (Lipinski definition) is 3. The van der Waals surface area contributed by atoms with Crippen LogP contribution in [0.25, 0.3) is 11.0 Å². The Morgan fingerprint density at radius 3 is 2.52 bits per heavy atom. The molecule has 5 heteroatoms. The molecule has 0 atom stereocenters. The van der Waals surface area contributed by atoms with Crippen molar-refractivity contribution in [1.82, 2.24) is 14.9 Å². The first-order valence-corrected chi connectivity index (χ1v) is 11.7. The lowest BCUT2D eigenvalue weighted by Crippen LogP contribution is -2.25. The van der Waals surface area contributed by atoms with Crippen LogP contribution in [0.5, 0.6) is 5.75 Å². The summed E-state index contributed by atoms with van der Waals surface area (Å²) < 4.78 is 8.20. The maximum absolute atomic E-state index is 12.3. The van der Waals surface area contributed by atoms with Crippen molar-refractivity contribution in [2.24, 2.45) is 0 Å². The highest BCUT2D eigenvalue weighted by atomic mass is 16.5. The summed E-state index contributed by atoms with van der Waals surface area (Å²) in [7, 11) is 0. The zero-order chi connectivity index (χ0) is 22.9. The molecule has 0 fully saturated rings. The fourth-order valence-electron chi connectivity index (χ4n) is 4.05. The number of para-hydroxylation sites is 3. The van der Waals surface area contributed by atoms with Gasteiger partial charge in [0.05, 0.1) is 17.6 Å². The van der Waals surface area contributed by atoms with Crippen LogP contribution in [0.4, 0.5) is 0 Å². The summed E-state index contributed by atoms with van der Waals surface area (Å²) in [5.74, 6) is 1.99. The Morgan fingerprint density at radius 1 is 0.909 bits per heavy atom. The fraction of sp³-hybridized carbons (Fsp3) is 0.286.